The summed E-state index contributed by atoms with van der Waals surface area (Å²) in [6.45, 7) is 3.06. The molecule has 1 atom stereocenters. The van der Waals surface area contributed by atoms with Gasteiger partial charge in [0.25, 0.3) is 0 Å². The van der Waals surface area contributed by atoms with E-state index in [1.54, 1.807) is 0 Å². The number of quaternary nitrogens is 1. The fraction of sp³-hybridized carbons (Fsp3) is 0.500. The van der Waals surface area contributed by atoms with E-state index < -0.39 is 5.28 Å². The highest BCUT2D eigenvalue weighted by Crippen LogP contribution is 1.56. The molecule has 0 aromatic rings. The van der Waals surface area contributed by atoms with Gasteiger partial charge in [0.2, 0.25) is 0 Å². The Hall–Kier alpha value is -0.650. The molecule has 0 saturated carbocycles. The Morgan fingerprint density at radius 1 is 2.00 bits per heavy atom. The van der Waals surface area contributed by atoms with Gasteiger partial charge in [-0.1, -0.05) is 0 Å². The minimum absolute atomic E-state index is 0.602. The molecule has 0 aliphatic rings. The van der Waals surface area contributed by atoms with Crippen molar-refractivity contribution in [1.29, 1.82) is 0 Å². The van der Waals surface area contributed by atoms with E-state index in [4.69, 9.17) is 5.84 Å². The van der Waals surface area contributed by atoms with Gasteiger partial charge >= 0.3 is 0 Å². The van der Waals surface area contributed by atoms with Crippen molar-refractivity contribution in [3.8, 4) is 0 Å². The fourth-order valence-corrected chi connectivity index (χ4v) is 0.0697. The molecule has 0 aliphatic heterocycles. The molecular weight excluding hydrogens is 96.0 g/mol. The monoisotopic (exact) mass is 104 g/mol. The van der Waals surface area contributed by atoms with E-state index in [9.17, 15) is 5.21 Å². The molecule has 0 fully saturated rings. The predicted molar refractivity (Wildman–Crippen MR) is 25.8 cm³/mol. The van der Waals surface area contributed by atoms with E-state index in [1.165, 1.54) is 7.05 Å². The van der Waals surface area contributed by atoms with Crippen LogP contribution in [0.4, 0.5) is 0 Å². The van der Waals surface area contributed by atoms with E-state index in [2.05, 4.69) is 11.8 Å². The Bertz CT molecular complexity index is 62.7. The first kappa shape index (κ1) is 6.35. The number of nitrogens with zero attached hydrogens (tertiary/aromatic N) is 2. The fourth-order valence-electron chi connectivity index (χ4n) is 0.0697. The van der Waals surface area contributed by atoms with Crippen LogP contribution in [0, 0.1) is 5.21 Å². The lowest BCUT2D eigenvalue weighted by Gasteiger charge is -2.20. The summed E-state index contributed by atoms with van der Waals surface area (Å²) in [7, 11) is 1.43. The third-order valence-electron chi connectivity index (χ3n) is 0.531. The average molecular weight is 104 g/mol. The first-order valence-electron chi connectivity index (χ1n) is 1.68. The molecule has 5 nitrogen and oxygen atoms in total. The Balaban J connectivity index is 3.33. The summed E-state index contributed by atoms with van der Waals surface area (Å²) in [6, 6.07) is 0. The van der Waals surface area contributed by atoms with Crippen molar-refractivity contribution >= 4 is 6.72 Å². The maximum atomic E-state index is 9.94. The van der Waals surface area contributed by atoms with Crippen molar-refractivity contribution in [3.63, 3.8) is 0 Å². The minimum atomic E-state index is -0.602. The molecule has 0 heterocycles. The van der Waals surface area contributed by atoms with Crippen LogP contribution in [0.5, 0.6) is 0 Å². The highest BCUT2D eigenvalue weighted by Gasteiger charge is 1.88. The molecule has 3 N–H and O–H groups in total. The minimum Gasteiger partial charge on any atom is -0.586 e. The van der Waals surface area contributed by atoms with Crippen LogP contribution < -0.4 is 11.1 Å². The van der Waals surface area contributed by atoms with Gasteiger partial charge in [0.05, 0.1) is 7.05 Å². The number of hydrogen-bond acceptors (Lipinski definition) is 4. The Morgan fingerprint density at radius 2 is 2.43 bits per heavy atom. The van der Waals surface area contributed by atoms with Gasteiger partial charge in [-0.25, -0.2) is 0 Å². The van der Waals surface area contributed by atoms with Crippen LogP contribution in [0.15, 0.2) is 5.10 Å². The molecule has 1 unspecified atom stereocenters. The van der Waals surface area contributed by atoms with Crippen molar-refractivity contribution in [3.05, 3.63) is 5.21 Å². The molecule has 0 rings (SSSR count). The summed E-state index contributed by atoms with van der Waals surface area (Å²) < 4.78 is 0. The highest BCUT2D eigenvalue weighted by molar-refractivity contribution is 5.21. The summed E-state index contributed by atoms with van der Waals surface area (Å²) >= 11 is 0. The second-order valence-corrected chi connectivity index (χ2v) is 1.00. The second-order valence-electron chi connectivity index (χ2n) is 1.00. The molecule has 0 aliphatic carbocycles. The normalized spacial score (nSPS) is 13.0. The number of hydrazone groups is 1. The number of nitrogens with two attached hydrogens (primary N) is 1. The van der Waals surface area contributed by atoms with Crippen molar-refractivity contribution in [1.82, 2.24) is 5.12 Å². The van der Waals surface area contributed by atoms with Gasteiger partial charge in [0.15, 0.2) is 0 Å². The Morgan fingerprint density at radius 3 is 2.43 bits per heavy atom. The smallest absolute Gasteiger partial charge is 0.0795 e. The molecule has 0 bridgehead atoms. The third kappa shape index (κ3) is 2.10. The maximum Gasteiger partial charge on any atom is 0.0795 e. The second kappa shape index (κ2) is 2.51. The molecule has 7 heavy (non-hydrogen) atoms. The zero-order valence-corrected chi connectivity index (χ0v) is 4.09. The molecule has 0 radical (unpaired) electrons. The summed E-state index contributed by atoms with van der Waals surface area (Å²) in [4.78, 5) is 0. The summed E-state index contributed by atoms with van der Waals surface area (Å²) in [6.07, 6.45) is 0. The van der Waals surface area contributed by atoms with Crippen molar-refractivity contribution in [2.24, 2.45) is 10.9 Å². The summed E-state index contributed by atoms with van der Waals surface area (Å²) in [5.41, 5.74) is 0. The predicted octanol–water partition coefficient (Wildman–Crippen LogP) is -2.29. The largest absolute Gasteiger partial charge is 0.586 e. The van der Waals surface area contributed by atoms with Crippen molar-refractivity contribution in [2.75, 3.05) is 7.05 Å². The van der Waals surface area contributed by atoms with Gasteiger partial charge < -0.3 is 5.21 Å². The number of hydrogen-bond donors (Lipinski definition) is 2. The zero-order chi connectivity index (χ0) is 5.86. The maximum absolute atomic E-state index is 9.94. The lowest BCUT2D eigenvalue weighted by atomic mass is 11.4. The molecule has 0 aromatic carbocycles. The van der Waals surface area contributed by atoms with E-state index in [0.717, 1.165) is 5.12 Å². The van der Waals surface area contributed by atoms with Crippen molar-refractivity contribution < 1.29 is 5.28 Å². The van der Waals surface area contributed by atoms with Crippen LogP contribution in [-0.4, -0.2) is 18.9 Å². The van der Waals surface area contributed by atoms with Gasteiger partial charge in [-0.2, -0.15) is 11.1 Å². The SMILES string of the molecule is C=NN(C)[NH+](N)[O-]. The lowest BCUT2D eigenvalue weighted by molar-refractivity contribution is -0.981. The van der Waals surface area contributed by atoms with Gasteiger partial charge in [-0.3, -0.25) is 0 Å². The summed E-state index contributed by atoms with van der Waals surface area (Å²) in [5, 5.41) is 13.5. The summed E-state index contributed by atoms with van der Waals surface area (Å²) in [5.74, 6) is 4.70. The van der Waals surface area contributed by atoms with E-state index >= 15 is 0 Å². The molecule has 0 amide bonds. The number of rotatable bonds is 2. The first-order chi connectivity index (χ1) is 3.18. The topological polar surface area (TPSA) is 69.1 Å². The van der Waals surface area contributed by atoms with Gasteiger partial charge in [0.1, 0.15) is 0 Å². The molecule has 0 aromatic heterocycles. The van der Waals surface area contributed by atoms with E-state index in [0.29, 0.717) is 0 Å². The van der Waals surface area contributed by atoms with Crippen LogP contribution in [0.3, 0.4) is 0 Å². The number of nitrogens with one attached hydrogen (secondary N) is 1. The molecule has 42 valence electrons. The molecule has 0 saturated heterocycles. The van der Waals surface area contributed by atoms with Gasteiger partial charge in [-0.05, 0) is 0 Å². The quantitative estimate of drug-likeness (QED) is 0.235. The first-order valence-corrected chi connectivity index (χ1v) is 1.68. The molecule has 0 spiro atoms. The van der Waals surface area contributed by atoms with Gasteiger partial charge in [0, 0.05) is 6.72 Å². The van der Waals surface area contributed by atoms with Crippen LogP contribution >= 0.6 is 0 Å². The highest BCUT2D eigenvalue weighted by atomic mass is 16.6. The van der Waals surface area contributed by atoms with E-state index in [1.807, 2.05) is 0 Å². The van der Waals surface area contributed by atoms with Crippen LogP contribution in [0.2, 0.25) is 0 Å². The van der Waals surface area contributed by atoms with Gasteiger partial charge in [-0.15, -0.1) is 10.2 Å². The van der Waals surface area contributed by atoms with Crippen molar-refractivity contribution in [2.45, 2.75) is 0 Å². The molecular formula is C2H8N4O. The molecule has 5 heteroatoms. The zero-order valence-electron chi connectivity index (χ0n) is 4.09. The lowest BCUT2D eigenvalue weighted by Crippen LogP contribution is -3.18. The average Bonchev–Trinajstić information content (AvgIpc) is 1.65. The Labute approximate surface area is 41.5 Å². The van der Waals surface area contributed by atoms with Crippen LogP contribution in [0.1, 0.15) is 0 Å². The Kier molecular flexibility index (Phi) is 2.28. The van der Waals surface area contributed by atoms with E-state index in [-0.39, 0.29) is 0 Å². The van der Waals surface area contributed by atoms with Crippen LogP contribution in [0.25, 0.3) is 0 Å². The standard InChI is InChI=1S/C2H8N4O/c1-4-5(2)6(3)7/h6H,1,3H2,2H3. The third-order valence-corrected chi connectivity index (χ3v) is 0.531. The van der Waals surface area contributed by atoms with Crippen LogP contribution in [-0.2, 0) is 0 Å².